The molecule has 0 atom stereocenters. The third-order valence-electron chi connectivity index (χ3n) is 22.3. The van der Waals surface area contributed by atoms with Crippen LogP contribution in [0.5, 0.6) is 0 Å². The van der Waals surface area contributed by atoms with Gasteiger partial charge in [0, 0.05) is 34.7 Å². The van der Waals surface area contributed by atoms with Crippen molar-refractivity contribution >= 4 is 11.1 Å². The van der Waals surface area contributed by atoms with Crippen molar-refractivity contribution in [2.75, 3.05) is 0 Å². The molecular weight excluding hydrogens is 1590 g/mol. The van der Waals surface area contributed by atoms with Crippen LogP contribution in [-0.2, 0) is 76.6 Å². The van der Waals surface area contributed by atoms with Crippen LogP contribution in [0.15, 0.2) is 351 Å². The van der Waals surface area contributed by atoms with E-state index in [9.17, 15) is 0 Å². The van der Waals surface area contributed by atoms with Gasteiger partial charge in [-0.3, -0.25) is 0 Å². The van der Waals surface area contributed by atoms with Crippen molar-refractivity contribution in [2.24, 2.45) is 0 Å². The molecule has 0 amide bonds. The minimum absolute atomic E-state index is 0. The molecule has 610 valence electrons. The van der Waals surface area contributed by atoms with Gasteiger partial charge in [-0.25, -0.2) is 0 Å². The van der Waals surface area contributed by atoms with E-state index in [1.807, 2.05) is 36.4 Å². The van der Waals surface area contributed by atoms with Gasteiger partial charge < -0.3 is 7.43 Å². The summed E-state index contributed by atoms with van der Waals surface area (Å²) in [7, 11) is 0. The van der Waals surface area contributed by atoms with Crippen molar-refractivity contribution < 1.29 is 76.6 Å². The number of hydrogen-bond donors (Lipinski definition) is 0. The monoisotopic (exact) mass is 1690 g/mol. The SMILES string of the molecule is C1=CC=C(c2ccc(-c3ccc(-c4ccccc4)cc3)cc2)C=1.C1=CC=C(c2ccc(-c3ccc(-c4ccccc4)cc3)cc2)C=1.[C-]#[O+].[C-]#[O+].[C-]#[O+].[C-]#[O+].[C-]#[O+].[C-]#[O+].[C-]#[O+].[C-]#[O+].[C-]#[O+].[CH3-].[Cr].[Cr].c1cc(-c2ccc(C3CCCC3)cc2)ccc1-c1ccc(C2CCCC2)cc1.c1cc(-c2ccc(C3CCCC3)cc2)ccc1-c1ccc(C2CCCC2)cc1. The van der Waals surface area contributed by atoms with Crippen molar-refractivity contribution in [3.63, 3.8) is 0 Å². The molecule has 0 saturated heterocycles. The Morgan fingerprint density at radius 3 is 0.447 bits per heavy atom. The molecule has 4 fully saturated rings. The van der Waals surface area contributed by atoms with Crippen LogP contribution in [0.25, 0.3) is 100 Å². The topological polar surface area (TPSA) is 179 Å². The van der Waals surface area contributed by atoms with Crippen molar-refractivity contribution in [3.8, 4) is 89.0 Å². The van der Waals surface area contributed by atoms with Gasteiger partial charge in [0.15, 0.2) is 0 Å². The van der Waals surface area contributed by atoms with E-state index in [4.69, 9.17) is 41.9 Å². The zero-order valence-electron chi connectivity index (χ0n) is 68.9. The third kappa shape index (κ3) is 31.4. The van der Waals surface area contributed by atoms with E-state index in [-0.39, 0.29) is 42.1 Å². The Morgan fingerprint density at radius 2 is 0.309 bits per heavy atom. The molecule has 0 N–H and O–H groups in total. The Kier molecular flexibility index (Phi) is 52.3. The normalized spacial score (nSPS) is 13.0. The first-order valence-corrected chi connectivity index (χ1v) is 39.8. The molecule has 6 aliphatic carbocycles. The van der Waals surface area contributed by atoms with Gasteiger partial charge in [-0.15, -0.1) is 11.5 Å². The third-order valence-corrected chi connectivity index (χ3v) is 22.3. The van der Waals surface area contributed by atoms with Crippen LogP contribution in [0, 0.1) is 67.3 Å². The molecule has 11 heteroatoms. The standard InChI is InChI=1S/2C28H30.2C23H16.9CO.CH3.2Cr/c2*1-2-6-21(5-1)23-9-13-25(14-10-23)27-17-19-28(20-18-27)26-15-11-24(12-16-26)22-7-3-4-8-22;2*1-2-6-18(7-3-1)20-10-14-22(15-11-20)23-16-12-21(13-17-23)19-8-4-5-9-19;9*1-2;;;/h2*9-22H,1-8H2;2*1-4,6-17H;;;;;;;;;;1H3;;/q;;;;;;;;;;;;;-1;;. The molecule has 18 rings (SSSR count). The smallest absolute Gasteiger partial charge is 0 e. The molecule has 0 radical (unpaired) electrons. The second kappa shape index (κ2) is 61.2. The van der Waals surface area contributed by atoms with E-state index in [2.05, 4.69) is 375 Å². The Morgan fingerprint density at radius 1 is 0.179 bits per heavy atom. The first-order chi connectivity index (χ1) is 59.5. The van der Waals surface area contributed by atoms with Crippen molar-refractivity contribution in [1.29, 1.82) is 0 Å². The van der Waals surface area contributed by atoms with E-state index in [0.717, 1.165) is 23.7 Å². The Bertz CT molecular complexity index is 4840. The van der Waals surface area contributed by atoms with E-state index in [0.29, 0.717) is 0 Å². The number of allylic oxidation sites excluding steroid dienone is 6. The summed E-state index contributed by atoms with van der Waals surface area (Å²) in [6.45, 7) is 40.5. The number of rotatable bonds is 14. The van der Waals surface area contributed by atoms with Gasteiger partial charge in [0.1, 0.15) is 0 Å². The van der Waals surface area contributed by atoms with Gasteiger partial charge in [-0.1, -0.05) is 355 Å². The molecule has 0 heterocycles. The molecule has 0 spiro atoms. The largest absolute Gasteiger partial charge is 0.358 e. The van der Waals surface area contributed by atoms with Gasteiger partial charge in [0.2, 0.25) is 0 Å². The second-order valence-corrected chi connectivity index (χ2v) is 28.8. The van der Waals surface area contributed by atoms with Gasteiger partial charge in [0.25, 0.3) is 0 Å². The molecule has 0 aliphatic heterocycles. The van der Waals surface area contributed by atoms with E-state index in [1.54, 1.807) is 0 Å². The average Bonchev–Trinajstić information content (AvgIpc) is 1.79. The van der Waals surface area contributed by atoms with Crippen LogP contribution in [0.3, 0.4) is 0 Å². The predicted octanol–water partition coefficient (Wildman–Crippen LogP) is 29.0. The van der Waals surface area contributed by atoms with Crippen LogP contribution >= 0.6 is 0 Å². The molecule has 0 bridgehead atoms. The zero-order chi connectivity index (χ0) is 86.5. The van der Waals surface area contributed by atoms with E-state index in [1.165, 1.54) is 236 Å². The zero-order valence-corrected chi connectivity index (χ0v) is 71.5. The first-order valence-electron chi connectivity index (χ1n) is 39.8. The fraction of sp³-hybridized carbons (Fsp3) is 0.179. The van der Waals surface area contributed by atoms with Gasteiger partial charge in [-0.2, -0.15) is 0 Å². The van der Waals surface area contributed by atoms with Crippen LogP contribution < -0.4 is 0 Å². The average molecular weight is 1690 g/mol. The van der Waals surface area contributed by atoms with Crippen LogP contribution in [-0.4, -0.2) is 0 Å². The van der Waals surface area contributed by atoms with E-state index >= 15 is 0 Å². The quantitative estimate of drug-likeness (QED) is 0.0572. The minimum Gasteiger partial charge on any atom is -0.358 e. The maximum atomic E-state index is 7.50. The number of benzene rings is 12. The van der Waals surface area contributed by atoms with Crippen LogP contribution in [0.4, 0.5) is 0 Å². The summed E-state index contributed by atoms with van der Waals surface area (Å²) in [4.78, 5) is 0. The Balaban J connectivity index is 0.000000396. The van der Waals surface area contributed by atoms with Gasteiger partial charge >= 0.3 is 102 Å². The molecular formula is C112H95Cr2O9-. The maximum Gasteiger partial charge on any atom is 0 e. The maximum absolute atomic E-state index is 7.50. The fourth-order valence-electron chi connectivity index (χ4n) is 16.2. The molecule has 0 unspecified atom stereocenters. The first kappa shape index (κ1) is 105. The summed E-state index contributed by atoms with van der Waals surface area (Å²) in [6, 6.07) is 111. The minimum atomic E-state index is 0. The van der Waals surface area contributed by atoms with Gasteiger partial charge in [-0.05, 0) is 245 Å². The Hall–Kier alpha value is -12.1. The molecule has 6 aliphatic rings. The van der Waals surface area contributed by atoms with Gasteiger partial charge in [0.05, 0.1) is 0 Å². The molecule has 12 aromatic carbocycles. The summed E-state index contributed by atoms with van der Waals surface area (Å²) in [6.07, 6.45) is 34.2. The van der Waals surface area contributed by atoms with Crippen molar-refractivity contribution in [1.82, 2.24) is 0 Å². The van der Waals surface area contributed by atoms with Crippen LogP contribution in [0.1, 0.15) is 160 Å². The summed E-state index contributed by atoms with van der Waals surface area (Å²) < 4.78 is 67.5. The second-order valence-electron chi connectivity index (χ2n) is 28.8. The van der Waals surface area contributed by atoms with Crippen molar-refractivity contribution in [2.45, 2.75) is 126 Å². The predicted molar refractivity (Wildman–Crippen MR) is 477 cm³/mol. The summed E-state index contributed by atoms with van der Waals surface area (Å²) in [5, 5.41) is 0. The molecule has 0 aromatic heterocycles. The summed E-state index contributed by atoms with van der Waals surface area (Å²) in [5.74, 6) is 3.18. The summed E-state index contributed by atoms with van der Waals surface area (Å²) in [5.41, 5.74) is 37.7. The van der Waals surface area contributed by atoms with E-state index < -0.39 is 0 Å². The fourth-order valence-corrected chi connectivity index (χ4v) is 16.2. The molecule has 12 aromatic rings. The molecule has 9 nitrogen and oxygen atoms in total. The summed E-state index contributed by atoms with van der Waals surface area (Å²) >= 11 is 0. The molecule has 4 saturated carbocycles. The van der Waals surface area contributed by atoms with Crippen LogP contribution in [0.2, 0.25) is 0 Å². The number of hydrogen-bond acceptors (Lipinski definition) is 0. The van der Waals surface area contributed by atoms with Crippen molar-refractivity contribution in [3.05, 3.63) is 452 Å². The Labute approximate surface area is 749 Å². The molecule has 123 heavy (non-hydrogen) atoms.